The summed E-state index contributed by atoms with van der Waals surface area (Å²) in [6.45, 7) is 1.61. The van der Waals surface area contributed by atoms with Crippen LogP contribution in [0.15, 0.2) is 0 Å². The quantitative estimate of drug-likeness (QED) is 0.173. The van der Waals surface area contributed by atoms with E-state index in [0.717, 1.165) is 19.3 Å². The van der Waals surface area contributed by atoms with Gasteiger partial charge in [-0.15, -0.1) is 0 Å². The average Bonchev–Trinajstić information content (AvgIpc) is 2.75. The Morgan fingerprint density at radius 2 is 1.42 bits per heavy atom. The first kappa shape index (κ1) is 28.7. The first-order valence-electron chi connectivity index (χ1n) is 11.6. The lowest BCUT2D eigenvalue weighted by Gasteiger charge is -2.41. The number of hydrogen-bond acceptors (Lipinski definition) is 9. The van der Waals surface area contributed by atoms with E-state index in [-0.39, 0.29) is 19.6 Å². The lowest BCUT2D eigenvalue weighted by Crippen LogP contribution is -2.60. The third kappa shape index (κ3) is 11.4. The van der Waals surface area contributed by atoms with E-state index in [2.05, 4.69) is 6.92 Å². The molecule has 4 N–H and O–H groups in total. The molecule has 186 valence electrons. The zero-order valence-corrected chi connectivity index (χ0v) is 19.5. The van der Waals surface area contributed by atoms with Gasteiger partial charge in [-0.25, -0.2) is 0 Å². The van der Waals surface area contributed by atoms with Gasteiger partial charge in [0.05, 0.1) is 12.4 Å². The molecule has 0 aromatic heterocycles. The Bertz CT molecular complexity index is 543. The maximum Gasteiger partial charge on any atom is 0.267 e. The molecule has 5 atom stereocenters. The van der Waals surface area contributed by atoms with Crippen LogP contribution in [-0.4, -0.2) is 85.1 Å². The van der Waals surface area contributed by atoms with Crippen LogP contribution in [-0.2, 0) is 23.8 Å². The van der Waals surface area contributed by atoms with E-state index in [9.17, 15) is 23.7 Å². The van der Waals surface area contributed by atoms with Gasteiger partial charge in [-0.1, -0.05) is 64.7 Å². The molecule has 10 heteroatoms. The minimum Gasteiger partial charge on any atom is -0.396 e. The molecule has 0 saturated carbocycles. The summed E-state index contributed by atoms with van der Waals surface area (Å²) in [7, 11) is -4.06. The first-order valence-corrected chi connectivity index (χ1v) is 13.2. The summed E-state index contributed by atoms with van der Waals surface area (Å²) in [5.41, 5.74) is 0. The summed E-state index contributed by atoms with van der Waals surface area (Å²) >= 11 is 0. The van der Waals surface area contributed by atoms with Gasteiger partial charge >= 0.3 is 0 Å². The summed E-state index contributed by atoms with van der Waals surface area (Å²) in [4.78, 5) is 0. The molecule has 1 saturated heterocycles. The second kappa shape index (κ2) is 16.3. The van der Waals surface area contributed by atoms with Crippen LogP contribution < -0.4 is 0 Å². The van der Waals surface area contributed by atoms with Crippen LogP contribution in [0.1, 0.15) is 77.6 Å². The Hall–Kier alpha value is -0.330. The molecular weight excluding hydrogens is 428 g/mol. The van der Waals surface area contributed by atoms with E-state index in [1.807, 2.05) is 0 Å². The van der Waals surface area contributed by atoms with Crippen molar-refractivity contribution in [3.63, 3.8) is 0 Å². The van der Waals surface area contributed by atoms with Crippen molar-refractivity contribution in [1.82, 2.24) is 0 Å². The Morgan fingerprint density at radius 1 is 0.839 bits per heavy atom. The zero-order chi connectivity index (χ0) is 23.1. The molecule has 9 nitrogen and oxygen atoms in total. The highest BCUT2D eigenvalue weighted by atomic mass is 32.2. The van der Waals surface area contributed by atoms with E-state index >= 15 is 0 Å². The Labute approximate surface area is 186 Å². The number of ether oxygens (including phenoxy) is 2. The fourth-order valence-corrected chi connectivity index (χ4v) is 4.66. The average molecular weight is 471 g/mol. The van der Waals surface area contributed by atoms with Gasteiger partial charge in [-0.05, 0) is 12.8 Å². The molecule has 0 radical (unpaired) electrons. The second-order valence-corrected chi connectivity index (χ2v) is 9.88. The van der Waals surface area contributed by atoms with Crippen LogP contribution in [0.5, 0.6) is 0 Å². The molecule has 0 bridgehead atoms. The van der Waals surface area contributed by atoms with Gasteiger partial charge in [0.1, 0.15) is 18.3 Å². The van der Waals surface area contributed by atoms with Crippen LogP contribution in [0.4, 0.5) is 0 Å². The molecule has 1 aliphatic rings. The normalized spacial score (nSPS) is 26.9. The Morgan fingerprint density at radius 3 is 1.97 bits per heavy atom. The standard InChI is InChI=1S/C21H42O9S/c1-2-3-4-5-6-7-8-9-10-11-14-28-21-20(30-31(26,27)15-12-13-22)19(25)18(24)17(16-23)29-21/h17-25H,2-16H2,1H3/t17-,18-,19+,20-,21?/m1/s1. The van der Waals surface area contributed by atoms with Crippen LogP contribution in [0.25, 0.3) is 0 Å². The van der Waals surface area contributed by atoms with E-state index in [0.29, 0.717) is 0 Å². The number of unbranched alkanes of at least 4 members (excludes halogenated alkanes) is 9. The molecule has 0 spiro atoms. The van der Waals surface area contributed by atoms with Gasteiger partial charge in [0, 0.05) is 13.2 Å². The monoisotopic (exact) mass is 470 g/mol. The third-order valence-electron chi connectivity index (χ3n) is 5.41. The molecule has 1 aliphatic heterocycles. The van der Waals surface area contributed by atoms with Crippen LogP contribution >= 0.6 is 0 Å². The smallest absolute Gasteiger partial charge is 0.267 e. The lowest BCUT2D eigenvalue weighted by molar-refractivity contribution is -0.294. The number of aliphatic hydroxyl groups is 4. The van der Waals surface area contributed by atoms with Crippen molar-refractivity contribution in [2.75, 3.05) is 25.6 Å². The maximum atomic E-state index is 12.1. The largest absolute Gasteiger partial charge is 0.396 e. The van der Waals surface area contributed by atoms with E-state index in [1.54, 1.807) is 0 Å². The molecule has 0 aromatic carbocycles. The summed E-state index contributed by atoms with van der Waals surface area (Å²) in [5, 5.41) is 38.6. The highest BCUT2D eigenvalue weighted by Crippen LogP contribution is 2.26. The van der Waals surface area contributed by atoms with Crippen LogP contribution in [0.3, 0.4) is 0 Å². The van der Waals surface area contributed by atoms with Gasteiger partial charge in [0.15, 0.2) is 12.4 Å². The first-order chi connectivity index (χ1) is 14.9. The fourth-order valence-electron chi connectivity index (χ4n) is 3.54. The predicted molar refractivity (Wildman–Crippen MR) is 116 cm³/mol. The molecule has 1 unspecified atom stereocenters. The minimum atomic E-state index is -4.06. The lowest BCUT2D eigenvalue weighted by atomic mass is 9.99. The van der Waals surface area contributed by atoms with Gasteiger partial charge in [-0.2, -0.15) is 8.42 Å². The van der Waals surface area contributed by atoms with Gasteiger partial charge in [0.25, 0.3) is 10.1 Å². The predicted octanol–water partition coefficient (Wildman–Crippen LogP) is 1.46. The Balaban J connectivity index is 2.42. The number of hydrogen-bond donors (Lipinski definition) is 4. The van der Waals surface area contributed by atoms with Crippen molar-refractivity contribution in [2.24, 2.45) is 0 Å². The molecular formula is C21H42O9S. The summed E-state index contributed by atoms with van der Waals surface area (Å²) in [6.07, 6.45) is 4.64. The van der Waals surface area contributed by atoms with Crippen molar-refractivity contribution in [2.45, 2.75) is 108 Å². The SMILES string of the molecule is CCCCCCCCCCCCOC1O[C@H](CO)[C@@H](O)[C@H](O)[C@H]1OS(=O)(=O)CCCO. The zero-order valence-electron chi connectivity index (χ0n) is 18.7. The molecule has 1 rings (SSSR count). The van der Waals surface area contributed by atoms with Gasteiger partial charge in [0.2, 0.25) is 0 Å². The second-order valence-electron chi connectivity index (χ2n) is 8.16. The van der Waals surface area contributed by atoms with Crippen LogP contribution in [0.2, 0.25) is 0 Å². The number of rotatable bonds is 18. The van der Waals surface area contributed by atoms with Gasteiger partial charge in [-0.3, -0.25) is 4.18 Å². The molecule has 1 heterocycles. The van der Waals surface area contributed by atoms with Crippen molar-refractivity contribution in [3.8, 4) is 0 Å². The molecule has 1 fully saturated rings. The van der Waals surface area contributed by atoms with Crippen molar-refractivity contribution < 1.29 is 42.5 Å². The molecule has 0 aliphatic carbocycles. The summed E-state index contributed by atoms with van der Waals surface area (Å²) in [5.74, 6) is -0.433. The van der Waals surface area contributed by atoms with E-state index < -0.39 is 53.2 Å². The fraction of sp³-hybridized carbons (Fsp3) is 1.00. The maximum absolute atomic E-state index is 12.1. The number of aliphatic hydroxyl groups excluding tert-OH is 4. The van der Waals surface area contributed by atoms with E-state index in [4.69, 9.17) is 18.8 Å². The summed E-state index contributed by atoms with van der Waals surface area (Å²) in [6, 6.07) is 0. The molecule has 0 aromatic rings. The topological polar surface area (TPSA) is 143 Å². The van der Waals surface area contributed by atoms with Crippen molar-refractivity contribution in [1.29, 1.82) is 0 Å². The summed E-state index contributed by atoms with van der Waals surface area (Å²) < 4.78 is 40.3. The Kier molecular flexibility index (Phi) is 15.1. The van der Waals surface area contributed by atoms with Crippen molar-refractivity contribution in [3.05, 3.63) is 0 Å². The molecule has 31 heavy (non-hydrogen) atoms. The van der Waals surface area contributed by atoms with Gasteiger partial charge < -0.3 is 29.9 Å². The van der Waals surface area contributed by atoms with Crippen LogP contribution in [0, 0.1) is 0 Å². The highest BCUT2D eigenvalue weighted by Gasteiger charge is 2.47. The molecule has 0 amide bonds. The highest BCUT2D eigenvalue weighted by molar-refractivity contribution is 7.86. The van der Waals surface area contributed by atoms with Crippen molar-refractivity contribution >= 4 is 10.1 Å². The minimum absolute atomic E-state index is 0.0159. The van der Waals surface area contributed by atoms with E-state index in [1.165, 1.54) is 44.9 Å². The third-order valence-corrected chi connectivity index (χ3v) is 6.72.